The van der Waals surface area contributed by atoms with Crippen LogP contribution in [0.3, 0.4) is 0 Å². The maximum absolute atomic E-state index is 11.9. The molecule has 238 valence electrons. The van der Waals surface area contributed by atoms with Gasteiger partial charge in [0.2, 0.25) is 0 Å². The second kappa shape index (κ2) is 30.7. The molecule has 2 N–H and O–H groups in total. The van der Waals surface area contributed by atoms with Gasteiger partial charge in [0.1, 0.15) is 13.2 Å². The van der Waals surface area contributed by atoms with Crippen molar-refractivity contribution >= 4 is 11.9 Å². The SMILES string of the molecule is CCCCCCCCOCCCOCCOC(=O)C(O)C(O)C(=O)OCCOCCCOCCCCCCCC. The van der Waals surface area contributed by atoms with E-state index in [1.165, 1.54) is 64.2 Å². The fraction of sp³-hybridized carbons (Fsp3) is 0.933. The molecule has 0 spiro atoms. The number of hydrogen-bond acceptors (Lipinski definition) is 10. The van der Waals surface area contributed by atoms with E-state index in [0.717, 1.165) is 38.9 Å². The number of ether oxygens (including phenoxy) is 6. The third-order valence-corrected chi connectivity index (χ3v) is 6.17. The zero-order chi connectivity index (χ0) is 29.5. The Hall–Kier alpha value is -1.30. The molecule has 0 aliphatic rings. The molecule has 0 bridgehead atoms. The molecule has 0 saturated heterocycles. The van der Waals surface area contributed by atoms with Crippen molar-refractivity contribution in [2.75, 3.05) is 66.1 Å². The van der Waals surface area contributed by atoms with Gasteiger partial charge in [0.05, 0.1) is 13.2 Å². The van der Waals surface area contributed by atoms with Crippen molar-refractivity contribution in [2.45, 2.75) is 116 Å². The molecule has 0 aromatic heterocycles. The maximum Gasteiger partial charge on any atom is 0.338 e. The summed E-state index contributed by atoms with van der Waals surface area (Å²) in [4.78, 5) is 23.7. The molecule has 0 amide bonds. The van der Waals surface area contributed by atoms with Gasteiger partial charge in [-0.1, -0.05) is 78.1 Å². The number of aliphatic hydroxyl groups excluding tert-OH is 2. The van der Waals surface area contributed by atoms with Gasteiger partial charge in [0.15, 0.2) is 12.2 Å². The van der Waals surface area contributed by atoms with Crippen LogP contribution in [-0.4, -0.2) is 100 Å². The van der Waals surface area contributed by atoms with Crippen LogP contribution >= 0.6 is 0 Å². The molecule has 0 aromatic carbocycles. The fourth-order valence-electron chi connectivity index (χ4n) is 3.73. The molecular formula is C30H58O10. The number of carbonyl (C=O) groups is 2. The predicted octanol–water partition coefficient (Wildman–Crippen LogP) is 4.36. The number of aliphatic hydroxyl groups is 2. The minimum Gasteiger partial charge on any atom is -0.461 e. The van der Waals surface area contributed by atoms with E-state index in [1.54, 1.807) is 0 Å². The Bertz CT molecular complexity index is 513. The van der Waals surface area contributed by atoms with Crippen molar-refractivity contribution in [1.82, 2.24) is 0 Å². The standard InChI is InChI=1S/C30H58O10/c1-3-5-7-9-11-13-17-35-19-15-21-37-23-25-39-29(33)27(31)28(32)30(34)40-26-24-38-22-16-20-36-18-14-12-10-8-6-4-2/h27-28,31-32H,3-26H2,1-2H3. The lowest BCUT2D eigenvalue weighted by Crippen LogP contribution is -2.42. The van der Waals surface area contributed by atoms with Gasteiger partial charge < -0.3 is 38.6 Å². The second-order valence-corrected chi connectivity index (χ2v) is 9.92. The normalized spacial score (nSPS) is 12.8. The third kappa shape index (κ3) is 25.7. The van der Waals surface area contributed by atoms with E-state index >= 15 is 0 Å². The monoisotopic (exact) mass is 578 g/mol. The number of carbonyl (C=O) groups excluding carboxylic acids is 2. The molecule has 0 aliphatic carbocycles. The van der Waals surface area contributed by atoms with Crippen molar-refractivity contribution in [3.05, 3.63) is 0 Å². The van der Waals surface area contributed by atoms with Gasteiger partial charge in [-0.15, -0.1) is 0 Å². The number of rotatable bonds is 31. The zero-order valence-electron chi connectivity index (χ0n) is 25.3. The summed E-state index contributed by atoms with van der Waals surface area (Å²) in [6.45, 7) is 8.13. The summed E-state index contributed by atoms with van der Waals surface area (Å²) >= 11 is 0. The molecule has 40 heavy (non-hydrogen) atoms. The summed E-state index contributed by atoms with van der Waals surface area (Å²) in [5, 5.41) is 19.7. The molecule has 0 aliphatic heterocycles. The molecule has 2 unspecified atom stereocenters. The van der Waals surface area contributed by atoms with Gasteiger partial charge in [-0.2, -0.15) is 0 Å². The van der Waals surface area contributed by atoms with Crippen molar-refractivity contribution in [2.24, 2.45) is 0 Å². The molecule has 2 atom stereocenters. The van der Waals surface area contributed by atoms with E-state index in [4.69, 9.17) is 28.4 Å². The van der Waals surface area contributed by atoms with Crippen LogP contribution in [0.15, 0.2) is 0 Å². The predicted molar refractivity (Wildman–Crippen MR) is 153 cm³/mol. The van der Waals surface area contributed by atoms with Crippen LogP contribution in [0.2, 0.25) is 0 Å². The Kier molecular flexibility index (Phi) is 29.7. The Morgan fingerprint density at radius 3 is 1.10 bits per heavy atom. The maximum atomic E-state index is 11.9. The second-order valence-electron chi connectivity index (χ2n) is 9.92. The largest absolute Gasteiger partial charge is 0.461 e. The summed E-state index contributed by atoms with van der Waals surface area (Å²) in [5.41, 5.74) is 0. The van der Waals surface area contributed by atoms with Crippen molar-refractivity contribution in [3.63, 3.8) is 0 Å². The lowest BCUT2D eigenvalue weighted by molar-refractivity contribution is -0.174. The van der Waals surface area contributed by atoms with Crippen LogP contribution in [0.25, 0.3) is 0 Å². The van der Waals surface area contributed by atoms with E-state index in [9.17, 15) is 19.8 Å². The molecule has 0 aromatic rings. The molecule has 0 heterocycles. The van der Waals surface area contributed by atoms with Crippen molar-refractivity contribution in [1.29, 1.82) is 0 Å². The Morgan fingerprint density at radius 1 is 0.425 bits per heavy atom. The minimum atomic E-state index is -2.03. The third-order valence-electron chi connectivity index (χ3n) is 6.17. The molecule has 10 nitrogen and oxygen atoms in total. The Labute approximate surface area is 242 Å². The van der Waals surface area contributed by atoms with E-state index < -0.39 is 24.1 Å². The zero-order valence-corrected chi connectivity index (χ0v) is 25.3. The quantitative estimate of drug-likeness (QED) is 0.0904. The lowest BCUT2D eigenvalue weighted by atomic mass is 10.1. The van der Waals surface area contributed by atoms with Crippen molar-refractivity contribution in [3.8, 4) is 0 Å². The van der Waals surface area contributed by atoms with Gasteiger partial charge in [0.25, 0.3) is 0 Å². The van der Waals surface area contributed by atoms with Crippen LogP contribution in [0.5, 0.6) is 0 Å². The van der Waals surface area contributed by atoms with Gasteiger partial charge in [-0.3, -0.25) is 0 Å². The van der Waals surface area contributed by atoms with E-state index in [-0.39, 0.29) is 26.4 Å². The number of esters is 2. The highest BCUT2D eigenvalue weighted by Gasteiger charge is 2.32. The van der Waals surface area contributed by atoms with Crippen LogP contribution in [0.4, 0.5) is 0 Å². The van der Waals surface area contributed by atoms with E-state index in [0.29, 0.717) is 26.4 Å². The Morgan fingerprint density at radius 2 is 0.725 bits per heavy atom. The number of hydrogen-bond donors (Lipinski definition) is 2. The number of unbranched alkanes of at least 4 members (excludes halogenated alkanes) is 10. The first kappa shape index (κ1) is 38.7. The topological polar surface area (TPSA) is 130 Å². The minimum absolute atomic E-state index is 0.104. The van der Waals surface area contributed by atoms with Crippen LogP contribution in [0, 0.1) is 0 Å². The van der Waals surface area contributed by atoms with Crippen LogP contribution in [0.1, 0.15) is 104 Å². The van der Waals surface area contributed by atoms with Gasteiger partial charge in [0, 0.05) is 39.6 Å². The molecular weight excluding hydrogens is 520 g/mol. The lowest BCUT2D eigenvalue weighted by Gasteiger charge is -2.16. The first-order chi connectivity index (χ1) is 19.5. The average molecular weight is 579 g/mol. The molecule has 0 fully saturated rings. The highest BCUT2D eigenvalue weighted by molar-refractivity contribution is 5.85. The highest BCUT2D eigenvalue weighted by atomic mass is 16.6. The molecule has 10 heteroatoms. The van der Waals surface area contributed by atoms with Crippen LogP contribution < -0.4 is 0 Å². The molecule has 0 rings (SSSR count). The van der Waals surface area contributed by atoms with Gasteiger partial charge in [-0.25, -0.2) is 9.59 Å². The molecule has 0 saturated carbocycles. The highest BCUT2D eigenvalue weighted by Crippen LogP contribution is 2.06. The summed E-state index contributed by atoms with van der Waals surface area (Å²) < 4.78 is 31.6. The fourth-order valence-corrected chi connectivity index (χ4v) is 3.73. The Balaban J connectivity index is 3.55. The summed E-state index contributed by atoms with van der Waals surface area (Å²) in [6, 6.07) is 0. The van der Waals surface area contributed by atoms with Gasteiger partial charge >= 0.3 is 11.9 Å². The summed E-state index contributed by atoms with van der Waals surface area (Å²) in [5.74, 6) is -2.24. The summed E-state index contributed by atoms with van der Waals surface area (Å²) in [6.07, 6.45) is 12.1. The first-order valence-corrected chi connectivity index (χ1v) is 15.5. The van der Waals surface area contributed by atoms with Gasteiger partial charge in [-0.05, 0) is 25.7 Å². The summed E-state index contributed by atoms with van der Waals surface area (Å²) in [7, 11) is 0. The van der Waals surface area contributed by atoms with Crippen LogP contribution in [-0.2, 0) is 38.0 Å². The molecule has 0 radical (unpaired) electrons. The smallest absolute Gasteiger partial charge is 0.338 e. The average Bonchev–Trinajstić information content (AvgIpc) is 2.96. The van der Waals surface area contributed by atoms with E-state index in [2.05, 4.69) is 13.8 Å². The first-order valence-electron chi connectivity index (χ1n) is 15.5. The van der Waals surface area contributed by atoms with E-state index in [1.807, 2.05) is 0 Å². The van der Waals surface area contributed by atoms with Crippen molar-refractivity contribution < 1.29 is 48.2 Å².